The lowest BCUT2D eigenvalue weighted by Crippen LogP contribution is -2.66. The van der Waals surface area contributed by atoms with Crippen molar-refractivity contribution < 1.29 is 9.59 Å². The SMILES string of the molecule is O=C1NC(=O)C2NCC=NC2N1. The van der Waals surface area contributed by atoms with Crippen molar-refractivity contribution in [1.82, 2.24) is 16.0 Å². The summed E-state index contributed by atoms with van der Waals surface area (Å²) in [7, 11) is 0. The fraction of sp³-hybridized carbons (Fsp3) is 0.500. The molecule has 0 aliphatic carbocycles. The molecule has 6 nitrogen and oxygen atoms in total. The highest BCUT2D eigenvalue weighted by Crippen LogP contribution is 2.03. The summed E-state index contributed by atoms with van der Waals surface area (Å²) >= 11 is 0. The van der Waals surface area contributed by atoms with Crippen LogP contribution in [0.2, 0.25) is 0 Å². The smallest absolute Gasteiger partial charge is 0.314 e. The summed E-state index contributed by atoms with van der Waals surface area (Å²) in [6.07, 6.45) is 1.19. The Morgan fingerprint density at radius 1 is 1.50 bits per heavy atom. The largest absolute Gasteiger partial charge is 0.323 e. The number of fused-ring (bicyclic) bond motifs is 1. The van der Waals surface area contributed by atoms with E-state index in [9.17, 15) is 9.59 Å². The van der Waals surface area contributed by atoms with E-state index in [1.54, 1.807) is 6.21 Å². The van der Waals surface area contributed by atoms with E-state index in [-0.39, 0.29) is 5.91 Å². The van der Waals surface area contributed by atoms with E-state index >= 15 is 0 Å². The van der Waals surface area contributed by atoms with Crippen molar-refractivity contribution in [2.24, 2.45) is 4.99 Å². The van der Waals surface area contributed by atoms with Crippen molar-refractivity contribution in [2.45, 2.75) is 12.2 Å². The number of urea groups is 1. The highest BCUT2D eigenvalue weighted by atomic mass is 16.2. The maximum absolute atomic E-state index is 11.1. The van der Waals surface area contributed by atoms with Gasteiger partial charge in [0.25, 0.3) is 0 Å². The second-order valence-electron chi connectivity index (χ2n) is 2.63. The topological polar surface area (TPSA) is 82.6 Å². The second kappa shape index (κ2) is 2.56. The molecule has 3 amide bonds. The predicted molar refractivity (Wildman–Crippen MR) is 40.7 cm³/mol. The third kappa shape index (κ3) is 1.06. The molecule has 2 aliphatic heterocycles. The molecule has 0 spiro atoms. The molecule has 0 aromatic heterocycles. The Balaban J connectivity index is 2.20. The number of imide groups is 1. The van der Waals surface area contributed by atoms with Gasteiger partial charge in [0, 0.05) is 12.8 Å². The van der Waals surface area contributed by atoms with Crippen LogP contribution in [0, 0.1) is 0 Å². The standard InChI is InChI=1S/C6H8N4O2/c11-5-3-4(8-2-1-7-3)9-6(12)10-5/h2-4,7H,1H2,(H2,9,10,11,12). The monoisotopic (exact) mass is 168 g/mol. The minimum absolute atomic E-state index is 0.319. The van der Waals surface area contributed by atoms with Crippen LogP contribution >= 0.6 is 0 Å². The summed E-state index contributed by atoms with van der Waals surface area (Å²) < 4.78 is 0. The molecule has 0 radical (unpaired) electrons. The van der Waals surface area contributed by atoms with E-state index in [0.717, 1.165) is 0 Å². The molecule has 1 saturated heterocycles. The van der Waals surface area contributed by atoms with Crippen LogP contribution in [0.3, 0.4) is 0 Å². The van der Waals surface area contributed by atoms with Crippen LogP contribution in [0.4, 0.5) is 4.79 Å². The number of nitrogens with one attached hydrogen (secondary N) is 3. The van der Waals surface area contributed by atoms with Gasteiger partial charge in [0.1, 0.15) is 12.2 Å². The van der Waals surface area contributed by atoms with Crippen LogP contribution < -0.4 is 16.0 Å². The first-order valence-corrected chi connectivity index (χ1v) is 3.64. The van der Waals surface area contributed by atoms with E-state index in [1.165, 1.54) is 0 Å². The summed E-state index contributed by atoms with van der Waals surface area (Å²) in [5.74, 6) is -0.319. The lowest BCUT2D eigenvalue weighted by Gasteiger charge is -2.31. The molecule has 6 heteroatoms. The summed E-state index contributed by atoms with van der Waals surface area (Å²) in [5.41, 5.74) is 0. The van der Waals surface area contributed by atoms with Gasteiger partial charge in [0.2, 0.25) is 5.91 Å². The average molecular weight is 168 g/mol. The van der Waals surface area contributed by atoms with E-state index in [4.69, 9.17) is 0 Å². The quantitative estimate of drug-likeness (QED) is 0.399. The van der Waals surface area contributed by atoms with Crippen LogP contribution in [-0.4, -0.2) is 36.9 Å². The maximum Gasteiger partial charge on any atom is 0.323 e. The Bertz CT molecular complexity index is 262. The summed E-state index contributed by atoms with van der Waals surface area (Å²) in [5, 5.41) is 7.59. The first kappa shape index (κ1) is 7.23. The zero-order valence-corrected chi connectivity index (χ0v) is 6.20. The minimum Gasteiger partial charge on any atom is -0.314 e. The maximum atomic E-state index is 11.1. The van der Waals surface area contributed by atoms with Crippen LogP contribution in [0.15, 0.2) is 4.99 Å². The number of nitrogens with zero attached hydrogens (tertiary/aromatic N) is 1. The summed E-state index contributed by atoms with van der Waals surface area (Å²) in [6.45, 7) is 0.560. The second-order valence-corrected chi connectivity index (χ2v) is 2.63. The number of aliphatic imine (C=N–C) groups is 1. The van der Waals surface area contributed by atoms with Crippen molar-refractivity contribution in [3.63, 3.8) is 0 Å². The molecule has 0 bridgehead atoms. The van der Waals surface area contributed by atoms with Gasteiger partial charge < -0.3 is 5.32 Å². The van der Waals surface area contributed by atoms with Gasteiger partial charge in [-0.2, -0.15) is 0 Å². The summed E-state index contributed by atoms with van der Waals surface area (Å²) in [6, 6.07) is -0.908. The third-order valence-electron chi connectivity index (χ3n) is 1.81. The molecule has 3 N–H and O–H groups in total. The average Bonchev–Trinajstić information content (AvgIpc) is 2.04. The Hall–Kier alpha value is -1.43. The Morgan fingerprint density at radius 2 is 2.33 bits per heavy atom. The minimum atomic E-state index is -0.484. The van der Waals surface area contributed by atoms with Crippen molar-refractivity contribution in [2.75, 3.05) is 6.54 Å². The molecule has 12 heavy (non-hydrogen) atoms. The molecular weight excluding hydrogens is 160 g/mol. The molecule has 2 unspecified atom stereocenters. The number of hydrogen-bond donors (Lipinski definition) is 3. The van der Waals surface area contributed by atoms with Gasteiger partial charge in [-0.25, -0.2) is 4.79 Å². The number of rotatable bonds is 0. The van der Waals surface area contributed by atoms with Crippen LogP contribution in [0.1, 0.15) is 0 Å². The molecule has 2 rings (SSSR count). The van der Waals surface area contributed by atoms with Crippen molar-refractivity contribution in [3.05, 3.63) is 0 Å². The predicted octanol–water partition coefficient (Wildman–Crippen LogP) is -1.81. The number of carbonyl (C=O) groups excluding carboxylic acids is 2. The Labute approximate surface area is 68.4 Å². The number of hydrogen-bond acceptors (Lipinski definition) is 4. The van der Waals surface area contributed by atoms with Crippen molar-refractivity contribution >= 4 is 18.2 Å². The molecule has 0 aromatic rings. The Kier molecular flexibility index (Phi) is 1.54. The molecule has 0 aromatic carbocycles. The number of amides is 3. The van der Waals surface area contributed by atoms with Gasteiger partial charge in [0.15, 0.2) is 0 Å². The zero-order chi connectivity index (χ0) is 8.55. The molecule has 2 heterocycles. The molecule has 0 saturated carbocycles. The first-order chi connectivity index (χ1) is 5.77. The van der Waals surface area contributed by atoms with E-state index in [2.05, 4.69) is 20.9 Å². The lowest BCUT2D eigenvalue weighted by atomic mass is 10.1. The van der Waals surface area contributed by atoms with Crippen molar-refractivity contribution in [1.29, 1.82) is 0 Å². The zero-order valence-electron chi connectivity index (χ0n) is 6.20. The van der Waals surface area contributed by atoms with Crippen LogP contribution in [0.5, 0.6) is 0 Å². The first-order valence-electron chi connectivity index (χ1n) is 3.64. The highest BCUT2D eigenvalue weighted by Gasteiger charge is 2.35. The third-order valence-corrected chi connectivity index (χ3v) is 1.81. The van der Waals surface area contributed by atoms with Crippen LogP contribution in [0.25, 0.3) is 0 Å². The molecular formula is C6H8N4O2. The van der Waals surface area contributed by atoms with Gasteiger partial charge in [-0.3, -0.25) is 20.4 Å². The van der Waals surface area contributed by atoms with Gasteiger partial charge in [-0.15, -0.1) is 0 Å². The fourth-order valence-electron chi connectivity index (χ4n) is 1.26. The van der Waals surface area contributed by atoms with Gasteiger partial charge in [-0.05, 0) is 0 Å². The van der Waals surface area contributed by atoms with E-state index in [0.29, 0.717) is 6.54 Å². The lowest BCUT2D eigenvalue weighted by molar-refractivity contribution is -0.123. The normalized spacial score (nSPS) is 33.7. The fourth-order valence-corrected chi connectivity index (χ4v) is 1.26. The Morgan fingerprint density at radius 3 is 3.17 bits per heavy atom. The van der Waals surface area contributed by atoms with Gasteiger partial charge in [0.05, 0.1) is 0 Å². The van der Waals surface area contributed by atoms with Crippen molar-refractivity contribution in [3.8, 4) is 0 Å². The molecule has 2 atom stereocenters. The van der Waals surface area contributed by atoms with Gasteiger partial charge >= 0.3 is 6.03 Å². The van der Waals surface area contributed by atoms with Gasteiger partial charge in [-0.1, -0.05) is 0 Å². The molecule has 64 valence electrons. The van der Waals surface area contributed by atoms with Crippen LogP contribution in [-0.2, 0) is 4.79 Å². The molecule has 1 fully saturated rings. The molecule has 2 aliphatic rings. The summed E-state index contributed by atoms with van der Waals surface area (Å²) in [4.78, 5) is 25.9. The highest BCUT2D eigenvalue weighted by molar-refractivity contribution is 6.00. The van der Waals surface area contributed by atoms with E-state index < -0.39 is 18.2 Å². The van der Waals surface area contributed by atoms with E-state index in [1.807, 2.05) is 0 Å². The number of carbonyl (C=O) groups is 2.